The first kappa shape index (κ1) is 15.0. The average molecular weight is 306 g/mol. The quantitative estimate of drug-likeness (QED) is 0.823. The fraction of sp³-hybridized carbons (Fsp3) is 0.562. The van der Waals surface area contributed by atoms with Crippen LogP contribution in [0.15, 0.2) is 12.1 Å². The zero-order valence-corrected chi connectivity index (χ0v) is 13.1. The van der Waals surface area contributed by atoms with E-state index in [0.717, 1.165) is 32.6 Å². The van der Waals surface area contributed by atoms with Crippen LogP contribution in [0.5, 0.6) is 17.2 Å². The fourth-order valence-electron chi connectivity index (χ4n) is 2.83. The van der Waals surface area contributed by atoms with Crippen molar-refractivity contribution in [3.63, 3.8) is 0 Å². The van der Waals surface area contributed by atoms with E-state index in [4.69, 9.17) is 14.2 Å². The molecule has 0 aromatic heterocycles. The Bertz CT molecular complexity index is 544. The first-order valence-corrected chi connectivity index (χ1v) is 7.64. The molecule has 3 rings (SSSR count). The molecule has 1 fully saturated rings. The van der Waals surface area contributed by atoms with Gasteiger partial charge in [-0.1, -0.05) is 0 Å². The lowest BCUT2D eigenvalue weighted by molar-refractivity contribution is 0.0761. The van der Waals surface area contributed by atoms with Crippen molar-refractivity contribution < 1.29 is 19.0 Å². The lowest BCUT2D eigenvalue weighted by atomic mass is 10.1. The molecule has 0 unspecified atom stereocenters. The van der Waals surface area contributed by atoms with E-state index in [2.05, 4.69) is 11.9 Å². The molecule has 0 bridgehead atoms. The van der Waals surface area contributed by atoms with Gasteiger partial charge in [0, 0.05) is 25.2 Å². The number of benzene rings is 1. The summed E-state index contributed by atoms with van der Waals surface area (Å²) in [4.78, 5) is 16.9. The van der Waals surface area contributed by atoms with Crippen LogP contribution in [0, 0.1) is 0 Å². The van der Waals surface area contributed by atoms with Crippen LogP contribution >= 0.6 is 0 Å². The third-order valence-electron chi connectivity index (χ3n) is 4.08. The largest absolute Gasteiger partial charge is 0.493 e. The molecule has 1 saturated heterocycles. The maximum atomic E-state index is 12.8. The van der Waals surface area contributed by atoms with Gasteiger partial charge in [-0.05, 0) is 32.1 Å². The summed E-state index contributed by atoms with van der Waals surface area (Å²) in [6, 6.07) is 3.50. The van der Waals surface area contributed by atoms with E-state index in [1.54, 1.807) is 19.2 Å². The van der Waals surface area contributed by atoms with Crippen molar-refractivity contribution in [3.8, 4) is 17.2 Å². The molecule has 0 radical (unpaired) electrons. The highest BCUT2D eigenvalue weighted by atomic mass is 16.6. The minimum Gasteiger partial charge on any atom is -0.493 e. The molecule has 120 valence electrons. The van der Waals surface area contributed by atoms with Crippen molar-refractivity contribution in [2.75, 3.05) is 53.6 Å². The van der Waals surface area contributed by atoms with Crippen molar-refractivity contribution in [3.05, 3.63) is 17.7 Å². The molecule has 0 atom stereocenters. The summed E-state index contributed by atoms with van der Waals surface area (Å²) >= 11 is 0. The van der Waals surface area contributed by atoms with Crippen molar-refractivity contribution in [1.29, 1.82) is 0 Å². The zero-order valence-electron chi connectivity index (χ0n) is 13.1. The van der Waals surface area contributed by atoms with E-state index in [1.807, 2.05) is 4.90 Å². The second-order valence-corrected chi connectivity index (χ2v) is 5.65. The topological polar surface area (TPSA) is 51.2 Å². The van der Waals surface area contributed by atoms with Crippen LogP contribution in [0.1, 0.15) is 16.8 Å². The van der Waals surface area contributed by atoms with E-state index < -0.39 is 0 Å². The summed E-state index contributed by atoms with van der Waals surface area (Å²) in [5, 5.41) is 0. The molecule has 1 aromatic rings. The van der Waals surface area contributed by atoms with Gasteiger partial charge < -0.3 is 24.0 Å². The second kappa shape index (κ2) is 6.44. The Morgan fingerprint density at radius 3 is 2.77 bits per heavy atom. The standard InChI is InChI=1S/C16H22N2O4/c1-17-4-3-5-18(7-6-17)16(19)12-10-13(20-2)15-14(11-12)21-8-9-22-15/h10-11H,3-9H2,1-2H3. The van der Waals surface area contributed by atoms with Gasteiger partial charge in [0.2, 0.25) is 5.75 Å². The molecule has 0 spiro atoms. The normalized spacial score (nSPS) is 18.7. The van der Waals surface area contributed by atoms with Gasteiger partial charge >= 0.3 is 0 Å². The van der Waals surface area contributed by atoms with Crippen LogP contribution in [-0.2, 0) is 0 Å². The first-order chi connectivity index (χ1) is 10.7. The minimum atomic E-state index is 0.0190. The smallest absolute Gasteiger partial charge is 0.254 e. The van der Waals surface area contributed by atoms with Gasteiger partial charge in [0.15, 0.2) is 11.5 Å². The highest BCUT2D eigenvalue weighted by Gasteiger charge is 2.24. The minimum absolute atomic E-state index is 0.0190. The highest BCUT2D eigenvalue weighted by molar-refractivity contribution is 5.95. The Hall–Kier alpha value is -1.95. The van der Waals surface area contributed by atoms with Crippen LogP contribution in [0.4, 0.5) is 0 Å². The Morgan fingerprint density at radius 2 is 1.95 bits per heavy atom. The third kappa shape index (κ3) is 2.97. The van der Waals surface area contributed by atoms with Gasteiger partial charge in [0.05, 0.1) is 7.11 Å². The van der Waals surface area contributed by atoms with Gasteiger partial charge in [0.25, 0.3) is 5.91 Å². The van der Waals surface area contributed by atoms with Gasteiger partial charge in [-0.25, -0.2) is 0 Å². The molecule has 6 heteroatoms. The lowest BCUT2D eigenvalue weighted by Gasteiger charge is -2.24. The van der Waals surface area contributed by atoms with Crippen molar-refractivity contribution in [2.24, 2.45) is 0 Å². The SMILES string of the molecule is COc1cc(C(=O)N2CCCN(C)CC2)cc2c1OCCO2. The predicted molar refractivity (Wildman–Crippen MR) is 82.0 cm³/mol. The van der Waals surface area contributed by atoms with Crippen molar-refractivity contribution in [1.82, 2.24) is 9.80 Å². The molecule has 6 nitrogen and oxygen atoms in total. The summed E-state index contributed by atoms with van der Waals surface area (Å²) in [5.74, 6) is 1.74. The molecular formula is C16H22N2O4. The number of carbonyl (C=O) groups excluding carboxylic acids is 1. The Morgan fingerprint density at radius 1 is 1.14 bits per heavy atom. The number of methoxy groups -OCH3 is 1. The van der Waals surface area contributed by atoms with E-state index in [0.29, 0.717) is 36.0 Å². The van der Waals surface area contributed by atoms with E-state index in [1.165, 1.54) is 0 Å². The van der Waals surface area contributed by atoms with Gasteiger partial charge in [-0.3, -0.25) is 4.79 Å². The molecule has 1 aromatic carbocycles. The number of hydrogen-bond donors (Lipinski definition) is 0. The summed E-state index contributed by atoms with van der Waals surface area (Å²) in [6.07, 6.45) is 0.990. The molecule has 22 heavy (non-hydrogen) atoms. The summed E-state index contributed by atoms with van der Waals surface area (Å²) in [6.45, 7) is 4.42. The Labute approximate surface area is 130 Å². The maximum absolute atomic E-state index is 12.8. The molecule has 2 heterocycles. The number of rotatable bonds is 2. The van der Waals surface area contributed by atoms with Crippen LogP contribution in [-0.4, -0.2) is 69.3 Å². The van der Waals surface area contributed by atoms with Gasteiger partial charge in [-0.15, -0.1) is 0 Å². The van der Waals surface area contributed by atoms with E-state index in [-0.39, 0.29) is 5.91 Å². The first-order valence-electron chi connectivity index (χ1n) is 7.64. The number of ether oxygens (including phenoxy) is 3. The Kier molecular flexibility index (Phi) is 4.38. The zero-order chi connectivity index (χ0) is 15.5. The number of amides is 1. The molecule has 2 aliphatic heterocycles. The van der Waals surface area contributed by atoms with Gasteiger partial charge in [0.1, 0.15) is 13.2 Å². The van der Waals surface area contributed by atoms with Crippen LogP contribution in [0.3, 0.4) is 0 Å². The van der Waals surface area contributed by atoms with Crippen LogP contribution < -0.4 is 14.2 Å². The van der Waals surface area contributed by atoms with Gasteiger partial charge in [-0.2, -0.15) is 0 Å². The monoisotopic (exact) mass is 306 g/mol. The Balaban J connectivity index is 1.85. The number of likely N-dealkylation sites (N-methyl/N-ethyl adjacent to an activating group) is 1. The molecule has 0 aliphatic carbocycles. The summed E-state index contributed by atoms with van der Waals surface area (Å²) in [5.41, 5.74) is 0.589. The number of hydrogen-bond acceptors (Lipinski definition) is 5. The number of nitrogens with zero attached hydrogens (tertiary/aromatic N) is 2. The van der Waals surface area contributed by atoms with Crippen LogP contribution in [0.2, 0.25) is 0 Å². The summed E-state index contributed by atoms with van der Waals surface area (Å²) < 4.78 is 16.5. The highest BCUT2D eigenvalue weighted by Crippen LogP contribution is 2.40. The molecule has 1 amide bonds. The molecule has 0 saturated carbocycles. The summed E-state index contributed by atoms with van der Waals surface area (Å²) in [7, 11) is 3.66. The molecular weight excluding hydrogens is 284 g/mol. The van der Waals surface area contributed by atoms with E-state index in [9.17, 15) is 4.79 Å². The third-order valence-corrected chi connectivity index (χ3v) is 4.08. The molecule has 2 aliphatic rings. The van der Waals surface area contributed by atoms with Crippen LogP contribution in [0.25, 0.3) is 0 Å². The van der Waals surface area contributed by atoms with Crippen molar-refractivity contribution in [2.45, 2.75) is 6.42 Å². The number of fused-ring (bicyclic) bond motifs is 1. The lowest BCUT2D eigenvalue weighted by Crippen LogP contribution is -2.34. The predicted octanol–water partition coefficient (Wildman–Crippen LogP) is 1.24. The average Bonchev–Trinajstić information content (AvgIpc) is 2.77. The molecule has 0 N–H and O–H groups in total. The van der Waals surface area contributed by atoms with Crippen molar-refractivity contribution >= 4 is 5.91 Å². The maximum Gasteiger partial charge on any atom is 0.254 e. The van der Waals surface area contributed by atoms with E-state index >= 15 is 0 Å². The second-order valence-electron chi connectivity index (χ2n) is 5.65. The fourth-order valence-corrected chi connectivity index (χ4v) is 2.83. The number of carbonyl (C=O) groups is 1.